The van der Waals surface area contributed by atoms with Gasteiger partial charge in [0.2, 0.25) is 5.91 Å². The maximum Gasteiger partial charge on any atom is 0.223 e. The highest BCUT2D eigenvalue weighted by Crippen LogP contribution is 2.23. The van der Waals surface area contributed by atoms with Crippen molar-refractivity contribution in [2.45, 2.75) is 32.7 Å². The molecular formula is C22H23FN2O2. The molecule has 0 unspecified atom stereocenters. The fraction of sp³-hybridized carbons (Fsp3) is 0.273. The molecule has 0 spiro atoms. The number of benzene rings is 2. The fourth-order valence-corrected chi connectivity index (χ4v) is 2.95. The lowest BCUT2D eigenvalue weighted by atomic mass is 10.2. The SMILES string of the molecule is CCCN(Cc1ccccc1)C(=O)CCc1ncc(-c2ccccc2F)o1. The van der Waals surface area contributed by atoms with Crippen molar-refractivity contribution in [3.8, 4) is 11.3 Å². The molecule has 3 aromatic rings. The highest BCUT2D eigenvalue weighted by atomic mass is 19.1. The fourth-order valence-electron chi connectivity index (χ4n) is 2.95. The van der Waals surface area contributed by atoms with E-state index in [9.17, 15) is 9.18 Å². The molecule has 0 saturated heterocycles. The van der Waals surface area contributed by atoms with E-state index in [-0.39, 0.29) is 11.7 Å². The van der Waals surface area contributed by atoms with Crippen LogP contribution in [-0.2, 0) is 17.8 Å². The van der Waals surface area contributed by atoms with E-state index in [4.69, 9.17) is 4.42 Å². The Kier molecular flexibility index (Phi) is 6.36. The van der Waals surface area contributed by atoms with Crippen molar-refractivity contribution in [3.05, 3.63) is 78.1 Å². The Labute approximate surface area is 158 Å². The first-order valence-electron chi connectivity index (χ1n) is 9.18. The minimum atomic E-state index is -0.353. The predicted molar refractivity (Wildman–Crippen MR) is 102 cm³/mol. The summed E-state index contributed by atoms with van der Waals surface area (Å²) in [6.45, 7) is 3.36. The first-order chi connectivity index (χ1) is 13.2. The van der Waals surface area contributed by atoms with Crippen LogP contribution in [0.25, 0.3) is 11.3 Å². The molecule has 2 aromatic carbocycles. The van der Waals surface area contributed by atoms with Gasteiger partial charge in [0, 0.05) is 25.9 Å². The molecule has 0 bridgehead atoms. The average Bonchev–Trinajstić information content (AvgIpc) is 3.16. The summed E-state index contributed by atoms with van der Waals surface area (Å²) in [5.74, 6) is 0.530. The van der Waals surface area contributed by atoms with Gasteiger partial charge in [-0.15, -0.1) is 0 Å². The lowest BCUT2D eigenvalue weighted by Gasteiger charge is -2.22. The molecule has 0 N–H and O–H groups in total. The molecule has 0 fully saturated rings. The van der Waals surface area contributed by atoms with Crippen LogP contribution < -0.4 is 0 Å². The molecule has 0 aliphatic carbocycles. The second-order valence-electron chi connectivity index (χ2n) is 6.40. The number of rotatable bonds is 8. The lowest BCUT2D eigenvalue weighted by molar-refractivity contribution is -0.131. The van der Waals surface area contributed by atoms with Crippen molar-refractivity contribution in [1.29, 1.82) is 0 Å². The Bertz CT molecular complexity index is 877. The van der Waals surface area contributed by atoms with E-state index in [0.29, 0.717) is 43.1 Å². The van der Waals surface area contributed by atoms with Crippen LogP contribution in [0.1, 0.15) is 31.2 Å². The van der Waals surface area contributed by atoms with Gasteiger partial charge in [0.05, 0.1) is 11.8 Å². The molecule has 0 radical (unpaired) electrons. The highest BCUT2D eigenvalue weighted by molar-refractivity contribution is 5.76. The number of carbonyl (C=O) groups excluding carboxylic acids is 1. The minimum absolute atomic E-state index is 0.0614. The van der Waals surface area contributed by atoms with Gasteiger partial charge in [-0.25, -0.2) is 9.37 Å². The smallest absolute Gasteiger partial charge is 0.223 e. The number of carbonyl (C=O) groups is 1. The van der Waals surface area contributed by atoms with Crippen LogP contribution in [0.15, 0.2) is 65.2 Å². The largest absolute Gasteiger partial charge is 0.441 e. The monoisotopic (exact) mass is 366 g/mol. The molecule has 1 amide bonds. The zero-order valence-corrected chi connectivity index (χ0v) is 15.4. The van der Waals surface area contributed by atoms with E-state index < -0.39 is 0 Å². The van der Waals surface area contributed by atoms with E-state index in [1.165, 1.54) is 12.3 Å². The van der Waals surface area contributed by atoms with Crippen molar-refractivity contribution in [1.82, 2.24) is 9.88 Å². The van der Waals surface area contributed by atoms with Gasteiger partial charge in [0.25, 0.3) is 0 Å². The third kappa shape index (κ3) is 5.03. The molecule has 1 heterocycles. The van der Waals surface area contributed by atoms with Gasteiger partial charge >= 0.3 is 0 Å². The van der Waals surface area contributed by atoms with Crippen molar-refractivity contribution < 1.29 is 13.6 Å². The van der Waals surface area contributed by atoms with Crippen molar-refractivity contribution >= 4 is 5.91 Å². The van der Waals surface area contributed by atoms with Crippen LogP contribution in [0.3, 0.4) is 0 Å². The highest BCUT2D eigenvalue weighted by Gasteiger charge is 2.16. The van der Waals surface area contributed by atoms with E-state index in [1.807, 2.05) is 35.2 Å². The summed E-state index contributed by atoms with van der Waals surface area (Å²) in [4.78, 5) is 18.7. The Balaban J connectivity index is 1.61. The van der Waals surface area contributed by atoms with E-state index in [0.717, 1.165) is 12.0 Å². The first kappa shape index (κ1) is 18.8. The van der Waals surface area contributed by atoms with Gasteiger partial charge in [-0.2, -0.15) is 0 Å². The number of halogens is 1. The summed E-state index contributed by atoms with van der Waals surface area (Å²) >= 11 is 0. The Morgan fingerprint density at radius 2 is 1.85 bits per heavy atom. The van der Waals surface area contributed by atoms with E-state index in [2.05, 4.69) is 11.9 Å². The van der Waals surface area contributed by atoms with E-state index >= 15 is 0 Å². The molecule has 4 nitrogen and oxygen atoms in total. The first-order valence-corrected chi connectivity index (χ1v) is 9.18. The van der Waals surface area contributed by atoms with Crippen LogP contribution in [0.4, 0.5) is 4.39 Å². The maximum absolute atomic E-state index is 13.8. The number of amides is 1. The summed E-state index contributed by atoms with van der Waals surface area (Å²) in [7, 11) is 0. The van der Waals surface area contributed by atoms with Gasteiger partial charge in [0.15, 0.2) is 11.7 Å². The van der Waals surface area contributed by atoms with Gasteiger partial charge in [-0.1, -0.05) is 49.4 Å². The number of oxazole rings is 1. The van der Waals surface area contributed by atoms with Gasteiger partial charge in [-0.05, 0) is 24.1 Å². The summed E-state index contributed by atoms with van der Waals surface area (Å²) in [6, 6.07) is 16.4. The topological polar surface area (TPSA) is 46.3 Å². The van der Waals surface area contributed by atoms with Crippen molar-refractivity contribution in [2.24, 2.45) is 0 Å². The number of hydrogen-bond donors (Lipinski definition) is 0. The quantitative estimate of drug-likeness (QED) is 0.572. The Hall–Kier alpha value is -2.95. The number of aryl methyl sites for hydroxylation is 1. The third-order valence-corrected chi connectivity index (χ3v) is 4.31. The minimum Gasteiger partial charge on any atom is -0.441 e. The van der Waals surface area contributed by atoms with Gasteiger partial charge < -0.3 is 9.32 Å². The molecular weight excluding hydrogens is 343 g/mol. The van der Waals surface area contributed by atoms with Crippen LogP contribution in [-0.4, -0.2) is 22.3 Å². The standard InChI is InChI=1S/C22H23FN2O2/c1-2-14-25(16-17-8-4-3-5-9-17)22(26)13-12-21-24-15-20(27-21)18-10-6-7-11-19(18)23/h3-11,15H,2,12-14,16H2,1H3. The molecule has 140 valence electrons. The van der Waals surface area contributed by atoms with Crippen molar-refractivity contribution in [2.75, 3.05) is 6.54 Å². The summed E-state index contributed by atoms with van der Waals surface area (Å²) in [5.41, 5.74) is 1.48. The predicted octanol–water partition coefficient (Wildman–Crippen LogP) is 4.85. The van der Waals surface area contributed by atoms with Crippen LogP contribution in [0.5, 0.6) is 0 Å². The maximum atomic E-state index is 13.8. The zero-order chi connectivity index (χ0) is 19.1. The van der Waals surface area contributed by atoms with Crippen LogP contribution in [0, 0.1) is 5.82 Å². The molecule has 27 heavy (non-hydrogen) atoms. The molecule has 0 aliphatic heterocycles. The molecule has 5 heteroatoms. The Morgan fingerprint density at radius 1 is 1.11 bits per heavy atom. The molecule has 0 atom stereocenters. The van der Waals surface area contributed by atoms with Crippen LogP contribution in [0.2, 0.25) is 0 Å². The molecule has 0 aliphatic rings. The number of hydrogen-bond acceptors (Lipinski definition) is 3. The van der Waals surface area contributed by atoms with Crippen molar-refractivity contribution in [3.63, 3.8) is 0 Å². The second kappa shape index (κ2) is 9.12. The van der Waals surface area contributed by atoms with Gasteiger partial charge in [0.1, 0.15) is 5.82 Å². The van der Waals surface area contributed by atoms with Gasteiger partial charge in [-0.3, -0.25) is 4.79 Å². The molecule has 3 rings (SSSR count). The zero-order valence-electron chi connectivity index (χ0n) is 15.4. The Morgan fingerprint density at radius 3 is 2.59 bits per heavy atom. The summed E-state index contributed by atoms with van der Waals surface area (Å²) < 4.78 is 19.5. The second-order valence-corrected chi connectivity index (χ2v) is 6.40. The number of nitrogens with zero attached hydrogens (tertiary/aromatic N) is 2. The average molecular weight is 366 g/mol. The lowest BCUT2D eigenvalue weighted by Crippen LogP contribution is -2.31. The van der Waals surface area contributed by atoms with Crippen LogP contribution >= 0.6 is 0 Å². The normalized spacial score (nSPS) is 10.7. The third-order valence-electron chi connectivity index (χ3n) is 4.31. The summed E-state index contributed by atoms with van der Waals surface area (Å²) in [5, 5.41) is 0. The molecule has 0 saturated carbocycles. The number of aromatic nitrogens is 1. The summed E-state index contributed by atoms with van der Waals surface area (Å²) in [6.07, 6.45) is 3.10. The molecule has 1 aromatic heterocycles. The van der Waals surface area contributed by atoms with E-state index in [1.54, 1.807) is 18.2 Å².